The van der Waals surface area contributed by atoms with E-state index < -0.39 is 61.0 Å². The van der Waals surface area contributed by atoms with E-state index in [4.69, 9.17) is 0 Å². The van der Waals surface area contributed by atoms with Gasteiger partial charge in [0.05, 0.1) is 11.6 Å². The maximum absolute atomic E-state index is 12.6. The maximum atomic E-state index is 12.6. The summed E-state index contributed by atoms with van der Waals surface area (Å²) in [4.78, 5) is 20.0. The summed E-state index contributed by atoms with van der Waals surface area (Å²) in [6, 6.07) is 2.79. The number of aromatic nitrogens is 2. The number of hydrogen-bond acceptors (Lipinski definition) is 5. The zero-order valence-electron chi connectivity index (χ0n) is 16.3. The lowest BCUT2D eigenvalue weighted by Crippen LogP contribution is -2.32. The van der Waals surface area contributed by atoms with Gasteiger partial charge < -0.3 is 9.47 Å². The van der Waals surface area contributed by atoms with Crippen molar-refractivity contribution >= 4 is 17.7 Å². The highest BCUT2D eigenvalue weighted by atomic mass is 19.4. The number of urea groups is 1. The summed E-state index contributed by atoms with van der Waals surface area (Å²) in [7, 11) is 1.13. The normalized spacial score (nSPS) is 12.3. The number of nitrogens with one attached hydrogen (secondary N) is 1. The minimum Gasteiger partial charge on any atom is -0.468 e. The number of hydrogen-bond donors (Lipinski definition) is 1. The molecule has 7 nitrogen and oxygen atoms in total. The van der Waals surface area contributed by atoms with Crippen LogP contribution in [0.25, 0.3) is 0 Å². The first kappa shape index (κ1) is 25.8. The van der Waals surface area contributed by atoms with Crippen molar-refractivity contribution < 1.29 is 53.8 Å². The molecule has 33 heavy (non-hydrogen) atoms. The molecule has 2 amide bonds. The van der Waals surface area contributed by atoms with Crippen LogP contribution in [0.4, 0.5) is 55.9 Å². The van der Waals surface area contributed by atoms with Crippen LogP contribution in [0.15, 0.2) is 30.3 Å². The van der Waals surface area contributed by atoms with Crippen LogP contribution in [0.1, 0.15) is 5.56 Å². The van der Waals surface area contributed by atoms with Crippen LogP contribution in [0.3, 0.4) is 0 Å². The van der Waals surface area contributed by atoms with Crippen molar-refractivity contribution in [1.29, 1.82) is 0 Å². The van der Waals surface area contributed by atoms with Crippen molar-refractivity contribution in [2.24, 2.45) is 0 Å². The summed E-state index contributed by atoms with van der Waals surface area (Å²) in [5, 5.41) is 1.98. The lowest BCUT2D eigenvalue weighted by atomic mass is 10.2. The maximum Gasteiger partial charge on any atom is 0.422 e. The largest absolute Gasteiger partial charge is 0.468 e. The van der Waals surface area contributed by atoms with Gasteiger partial charge in [0, 0.05) is 12.7 Å². The number of alkyl halides is 9. The van der Waals surface area contributed by atoms with E-state index in [1.54, 1.807) is 0 Å². The Balaban J connectivity index is 2.21. The Morgan fingerprint density at radius 3 is 1.73 bits per heavy atom. The molecule has 0 saturated carbocycles. The molecular weight excluding hydrogens is 479 g/mol. The number of halogens is 9. The van der Waals surface area contributed by atoms with Gasteiger partial charge in [-0.05, 0) is 24.3 Å². The molecule has 1 heterocycles. The predicted octanol–water partition coefficient (Wildman–Crippen LogP) is 5.05. The van der Waals surface area contributed by atoms with Gasteiger partial charge in [-0.25, -0.2) is 4.79 Å². The Morgan fingerprint density at radius 1 is 0.879 bits per heavy atom. The third-order valence-electron chi connectivity index (χ3n) is 3.55. The summed E-state index contributed by atoms with van der Waals surface area (Å²) in [5.41, 5.74) is -1.01. The second kappa shape index (κ2) is 9.58. The molecule has 0 aliphatic carbocycles. The van der Waals surface area contributed by atoms with Gasteiger partial charge in [-0.1, -0.05) is 0 Å². The number of anilines is 2. The smallest absolute Gasteiger partial charge is 0.422 e. The molecule has 0 aliphatic heterocycles. The molecule has 0 fully saturated rings. The van der Waals surface area contributed by atoms with Gasteiger partial charge in [0.1, 0.15) is 0 Å². The van der Waals surface area contributed by atoms with Crippen LogP contribution in [-0.4, -0.2) is 48.6 Å². The molecule has 1 aromatic carbocycles. The fourth-order valence-electron chi connectivity index (χ4n) is 2.09. The van der Waals surface area contributed by atoms with Gasteiger partial charge in [0.2, 0.25) is 17.7 Å². The van der Waals surface area contributed by atoms with Gasteiger partial charge in [0.25, 0.3) is 0 Å². The van der Waals surface area contributed by atoms with Gasteiger partial charge in [-0.3, -0.25) is 10.2 Å². The fraction of sp³-hybridized carbons (Fsp3) is 0.353. The first-order valence-corrected chi connectivity index (χ1v) is 8.54. The Hall–Kier alpha value is -3.46. The van der Waals surface area contributed by atoms with E-state index in [9.17, 15) is 44.3 Å². The topological polar surface area (TPSA) is 76.6 Å². The van der Waals surface area contributed by atoms with Crippen LogP contribution in [0.5, 0.6) is 11.8 Å². The minimum atomic E-state index is -4.80. The summed E-state index contributed by atoms with van der Waals surface area (Å²) in [6.45, 7) is -3.69. The third-order valence-corrected chi connectivity index (χ3v) is 3.55. The highest BCUT2D eigenvalue weighted by Gasteiger charge is 2.31. The Kier molecular flexibility index (Phi) is 7.49. The Labute approximate surface area is 179 Å². The second-order valence-corrected chi connectivity index (χ2v) is 6.21. The third kappa shape index (κ3) is 8.53. The molecule has 2 aromatic rings. The van der Waals surface area contributed by atoms with Crippen molar-refractivity contribution in [1.82, 2.24) is 9.97 Å². The number of rotatable bonds is 6. The summed E-state index contributed by atoms with van der Waals surface area (Å²) in [5.74, 6) is -2.49. The van der Waals surface area contributed by atoms with E-state index in [0.717, 1.165) is 24.1 Å². The Morgan fingerprint density at radius 2 is 1.33 bits per heavy atom. The van der Waals surface area contributed by atoms with Crippen molar-refractivity contribution in [3.05, 3.63) is 35.9 Å². The monoisotopic (exact) mass is 492 g/mol. The molecule has 1 aromatic heterocycles. The van der Waals surface area contributed by atoms with Gasteiger partial charge >= 0.3 is 24.6 Å². The van der Waals surface area contributed by atoms with Crippen molar-refractivity contribution in [3.8, 4) is 11.8 Å². The molecule has 0 atom stereocenters. The van der Waals surface area contributed by atoms with E-state index in [1.807, 2.05) is 5.32 Å². The van der Waals surface area contributed by atoms with Crippen LogP contribution in [0, 0.1) is 0 Å². The molecule has 0 aliphatic rings. The first-order valence-electron chi connectivity index (χ1n) is 8.54. The fourth-order valence-corrected chi connectivity index (χ4v) is 2.09. The number of nitrogens with zero attached hydrogens (tertiary/aromatic N) is 3. The number of amides is 2. The van der Waals surface area contributed by atoms with E-state index in [2.05, 4.69) is 19.4 Å². The van der Waals surface area contributed by atoms with Gasteiger partial charge in [-0.15, -0.1) is 0 Å². The van der Waals surface area contributed by atoms with E-state index in [-0.39, 0.29) is 5.69 Å². The summed E-state index contributed by atoms with van der Waals surface area (Å²) >= 11 is 0. The van der Waals surface area contributed by atoms with Crippen LogP contribution in [0.2, 0.25) is 0 Å². The molecule has 182 valence electrons. The van der Waals surface area contributed by atoms with Crippen molar-refractivity contribution in [2.45, 2.75) is 18.5 Å². The molecule has 0 saturated heterocycles. The molecule has 0 unspecified atom stereocenters. The predicted molar refractivity (Wildman–Crippen MR) is 94.0 cm³/mol. The molecule has 0 bridgehead atoms. The van der Waals surface area contributed by atoms with Gasteiger partial charge in [0.15, 0.2) is 13.2 Å². The summed E-state index contributed by atoms with van der Waals surface area (Å²) < 4.78 is 121. The van der Waals surface area contributed by atoms with Crippen LogP contribution >= 0.6 is 0 Å². The highest BCUT2D eigenvalue weighted by molar-refractivity contribution is 6.00. The SMILES string of the molecule is CN(C(=O)Nc1nc(OCC(F)(F)F)cc(OCC(F)(F)F)n1)c1ccc(C(F)(F)F)cc1. The zero-order valence-corrected chi connectivity index (χ0v) is 16.3. The number of carbonyl (C=O) groups is 1. The molecule has 0 spiro atoms. The van der Waals surface area contributed by atoms with E-state index >= 15 is 0 Å². The average molecular weight is 492 g/mol. The Bertz CT molecular complexity index is 924. The first-order chi connectivity index (χ1) is 15.0. The lowest BCUT2D eigenvalue weighted by Gasteiger charge is -2.19. The molecule has 0 radical (unpaired) electrons. The quantitative estimate of drug-likeness (QED) is 0.572. The van der Waals surface area contributed by atoms with Crippen LogP contribution < -0.4 is 19.7 Å². The molecule has 1 N–H and O–H groups in total. The average Bonchev–Trinajstić information content (AvgIpc) is 2.68. The van der Waals surface area contributed by atoms with Crippen molar-refractivity contribution in [3.63, 3.8) is 0 Å². The lowest BCUT2D eigenvalue weighted by molar-refractivity contribution is -0.154. The number of ether oxygens (including phenoxy) is 2. The van der Waals surface area contributed by atoms with Crippen molar-refractivity contribution in [2.75, 3.05) is 30.5 Å². The van der Waals surface area contributed by atoms with E-state index in [0.29, 0.717) is 18.2 Å². The van der Waals surface area contributed by atoms with Crippen LogP contribution in [-0.2, 0) is 6.18 Å². The minimum absolute atomic E-state index is 0.0291. The number of benzene rings is 1. The number of carbonyl (C=O) groups excluding carboxylic acids is 1. The molecule has 16 heteroatoms. The highest BCUT2D eigenvalue weighted by Crippen LogP contribution is 2.30. The molecule has 2 rings (SSSR count). The molecular formula is C17H13F9N4O3. The van der Waals surface area contributed by atoms with E-state index in [1.165, 1.54) is 0 Å². The summed E-state index contributed by atoms with van der Waals surface area (Å²) in [6.07, 6.45) is -14.2. The zero-order chi connectivity index (χ0) is 25.0. The second-order valence-electron chi connectivity index (χ2n) is 6.21. The standard InChI is InChI=1S/C17H13F9N4O3/c1-30(10-4-2-9(3-5-10)17(24,25)26)14(31)29-13-27-11(32-7-15(18,19)20)6-12(28-13)33-8-16(21,22)23/h2-6H,7-8H2,1H3,(H,27,28,29,31). The van der Waals surface area contributed by atoms with Gasteiger partial charge in [-0.2, -0.15) is 49.5 Å².